The summed E-state index contributed by atoms with van der Waals surface area (Å²) in [6.07, 6.45) is 6.11. The fourth-order valence-corrected chi connectivity index (χ4v) is 2.99. The Morgan fingerprint density at radius 3 is 2.88 bits per heavy atom. The van der Waals surface area contributed by atoms with Crippen LogP contribution in [0.15, 0.2) is 16.5 Å². The van der Waals surface area contributed by atoms with Crippen LogP contribution in [0, 0.1) is 11.8 Å². The van der Waals surface area contributed by atoms with Crippen LogP contribution >= 0.6 is 0 Å². The molecule has 3 atom stereocenters. The summed E-state index contributed by atoms with van der Waals surface area (Å²) in [6.45, 7) is 4.44. The lowest BCUT2D eigenvalue weighted by Crippen LogP contribution is -2.35. The molecular weight excluding hydrogens is 212 g/mol. The number of nitrogens with one attached hydrogen (secondary N) is 1. The van der Waals surface area contributed by atoms with Gasteiger partial charge in [-0.05, 0) is 36.8 Å². The van der Waals surface area contributed by atoms with E-state index in [1.807, 2.05) is 0 Å². The van der Waals surface area contributed by atoms with E-state index < -0.39 is 0 Å². The van der Waals surface area contributed by atoms with E-state index in [9.17, 15) is 0 Å². The van der Waals surface area contributed by atoms with Gasteiger partial charge in [-0.25, -0.2) is 5.43 Å². The first-order valence-corrected chi connectivity index (χ1v) is 6.79. The zero-order valence-corrected chi connectivity index (χ0v) is 10.9. The highest BCUT2D eigenvalue weighted by Crippen LogP contribution is 2.37. The van der Waals surface area contributed by atoms with Crippen molar-refractivity contribution in [2.45, 2.75) is 52.0 Å². The van der Waals surface area contributed by atoms with Crippen LogP contribution in [0.2, 0.25) is 0 Å². The second-order valence-electron chi connectivity index (χ2n) is 5.33. The van der Waals surface area contributed by atoms with Gasteiger partial charge in [-0.3, -0.25) is 5.84 Å². The third kappa shape index (κ3) is 2.90. The third-order valence-corrected chi connectivity index (χ3v) is 3.97. The van der Waals surface area contributed by atoms with Crippen LogP contribution in [-0.4, -0.2) is 0 Å². The quantitative estimate of drug-likeness (QED) is 0.623. The first kappa shape index (κ1) is 12.7. The monoisotopic (exact) mass is 236 g/mol. The maximum Gasteiger partial charge on any atom is 0.122 e. The molecular formula is C14H24N2O. The van der Waals surface area contributed by atoms with Gasteiger partial charge in [0, 0.05) is 6.42 Å². The average molecular weight is 236 g/mol. The molecule has 1 saturated carbocycles. The molecule has 1 aromatic rings. The summed E-state index contributed by atoms with van der Waals surface area (Å²) in [5, 5.41) is 0. The van der Waals surface area contributed by atoms with Gasteiger partial charge < -0.3 is 4.42 Å². The molecule has 0 radical (unpaired) electrons. The molecule has 0 aromatic carbocycles. The van der Waals surface area contributed by atoms with Crippen molar-refractivity contribution in [2.75, 3.05) is 0 Å². The van der Waals surface area contributed by atoms with Gasteiger partial charge in [0.05, 0.1) is 6.04 Å². The number of nitrogens with two attached hydrogens (primary N) is 1. The van der Waals surface area contributed by atoms with Crippen molar-refractivity contribution in [1.29, 1.82) is 0 Å². The van der Waals surface area contributed by atoms with Crippen molar-refractivity contribution >= 4 is 0 Å². The number of rotatable bonds is 4. The predicted molar refractivity (Wildman–Crippen MR) is 69.3 cm³/mol. The molecule has 2 rings (SSSR count). The van der Waals surface area contributed by atoms with E-state index in [0.29, 0.717) is 5.92 Å². The fourth-order valence-electron chi connectivity index (χ4n) is 2.99. The lowest BCUT2D eigenvalue weighted by atomic mass is 9.78. The van der Waals surface area contributed by atoms with E-state index in [0.717, 1.165) is 23.9 Å². The number of hydrogen-bond donors (Lipinski definition) is 2. The predicted octanol–water partition coefficient (Wildman–Crippen LogP) is 3.17. The van der Waals surface area contributed by atoms with Crippen molar-refractivity contribution in [3.05, 3.63) is 23.7 Å². The molecule has 3 heteroatoms. The number of hydrazine groups is 1. The van der Waals surface area contributed by atoms with Gasteiger partial charge in [0.2, 0.25) is 0 Å². The van der Waals surface area contributed by atoms with Gasteiger partial charge in [0.25, 0.3) is 0 Å². The standard InChI is InChI=1S/C14H24N2O/c1-3-12-7-8-13(17-12)14(16-15)11-6-4-5-10(2)9-11/h7-8,10-11,14,16H,3-6,9,15H2,1-2H3. The van der Waals surface area contributed by atoms with E-state index in [-0.39, 0.29) is 6.04 Å². The van der Waals surface area contributed by atoms with Gasteiger partial charge in [0.1, 0.15) is 11.5 Å². The van der Waals surface area contributed by atoms with Crippen LogP contribution in [0.25, 0.3) is 0 Å². The Kier molecular flexibility index (Phi) is 4.24. The van der Waals surface area contributed by atoms with Crippen molar-refractivity contribution in [3.8, 4) is 0 Å². The normalized spacial score (nSPS) is 27.0. The molecule has 1 aliphatic carbocycles. The van der Waals surface area contributed by atoms with Gasteiger partial charge in [-0.2, -0.15) is 0 Å². The summed E-state index contributed by atoms with van der Waals surface area (Å²) in [7, 11) is 0. The van der Waals surface area contributed by atoms with Gasteiger partial charge in [-0.15, -0.1) is 0 Å². The molecule has 0 saturated heterocycles. The van der Waals surface area contributed by atoms with Crippen LogP contribution in [0.1, 0.15) is 57.1 Å². The Balaban J connectivity index is 2.09. The second-order valence-corrected chi connectivity index (χ2v) is 5.33. The molecule has 1 aliphatic rings. The van der Waals surface area contributed by atoms with Crippen molar-refractivity contribution in [1.82, 2.24) is 5.43 Å². The minimum atomic E-state index is 0.179. The maximum atomic E-state index is 5.83. The summed E-state index contributed by atoms with van der Waals surface area (Å²) in [4.78, 5) is 0. The van der Waals surface area contributed by atoms with E-state index in [2.05, 4.69) is 31.4 Å². The van der Waals surface area contributed by atoms with Crippen LogP contribution in [0.4, 0.5) is 0 Å². The first-order valence-electron chi connectivity index (χ1n) is 6.79. The molecule has 0 spiro atoms. The Morgan fingerprint density at radius 2 is 2.29 bits per heavy atom. The highest BCUT2D eigenvalue weighted by molar-refractivity contribution is 5.12. The number of hydrogen-bond acceptors (Lipinski definition) is 3. The third-order valence-electron chi connectivity index (χ3n) is 3.97. The van der Waals surface area contributed by atoms with Crippen molar-refractivity contribution in [3.63, 3.8) is 0 Å². The molecule has 1 heterocycles. The Labute approximate surface area is 104 Å². The van der Waals surface area contributed by atoms with Gasteiger partial charge >= 0.3 is 0 Å². The van der Waals surface area contributed by atoms with Crippen molar-refractivity contribution in [2.24, 2.45) is 17.7 Å². The molecule has 3 unspecified atom stereocenters. The molecule has 0 amide bonds. The highest BCUT2D eigenvalue weighted by Gasteiger charge is 2.28. The van der Waals surface area contributed by atoms with E-state index in [1.54, 1.807) is 0 Å². The average Bonchev–Trinajstić information content (AvgIpc) is 2.79. The summed E-state index contributed by atoms with van der Waals surface area (Å²) < 4.78 is 5.83. The minimum Gasteiger partial charge on any atom is -0.464 e. The lowest BCUT2D eigenvalue weighted by Gasteiger charge is -2.31. The van der Waals surface area contributed by atoms with Crippen molar-refractivity contribution < 1.29 is 4.42 Å². The minimum absolute atomic E-state index is 0.179. The topological polar surface area (TPSA) is 51.2 Å². The lowest BCUT2D eigenvalue weighted by molar-refractivity contribution is 0.204. The smallest absolute Gasteiger partial charge is 0.122 e. The molecule has 0 aliphatic heterocycles. The summed E-state index contributed by atoms with van der Waals surface area (Å²) in [5.41, 5.74) is 2.95. The maximum absolute atomic E-state index is 5.83. The zero-order valence-electron chi connectivity index (χ0n) is 10.9. The van der Waals surface area contributed by atoms with Crippen LogP contribution < -0.4 is 11.3 Å². The molecule has 3 N–H and O–H groups in total. The fraction of sp³-hybridized carbons (Fsp3) is 0.714. The summed E-state index contributed by atoms with van der Waals surface area (Å²) in [5.74, 6) is 9.19. The molecule has 1 fully saturated rings. The Morgan fingerprint density at radius 1 is 1.47 bits per heavy atom. The van der Waals surface area contributed by atoms with E-state index >= 15 is 0 Å². The van der Waals surface area contributed by atoms with Crippen LogP contribution in [0.3, 0.4) is 0 Å². The largest absolute Gasteiger partial charge is 0.464 e. The number of furan rings is 1. The highest BCUT2D eigenvalue weighted by atomic mass is 16.3. The SMILES string of the molecule is CCc1ccc(C(NN)C2CCCC(C)C2)o1. The van der Waals surface area contributed by atoms with Crippen LogP contribution in [0.5, 0.6) is 0 Å². The summed E-state index contributed by atoms with van der Waals surface area (Å²) >= 11 is 0. The van der Waals surface area contributed by atoms with Gasteiger partial charge in [0.15, 0.2) is 0 Å². The molecule has 96 valence electrons. The Bertz CT molecular complexity index is 348. The second kappa shape index (κ2) is 5.69. The Hall–Kier alpha value is -0.800. The van der Waals surface area contributed by atoms with E-state index in [1.165, 1.54) is 25.7 Å². The van der Waals surface area contributed by atoms with E-state index in [4.69, 9.17) is 10.3 Å². The molecule has 0 bridgehead atoms. The molecule has 3 nitrogen and oxygen atoms in total. The zero-order chi connectivity index (χ0) is 12.3. The number of aryl methyl sites for hydroxylation is 1. The van der Waals surface area contributed by atoms with Gasteiger partial charge in [-0.1, -0.05) is 26.7 Å². The molecule has 17 heavy (non-hydrogen) atoms. The first-order chi connectivity index (χ1) is 8.24. The van der Waals surface area contributed by atoms with Crippen LogP contribution in [-0.2, 0) is 6.42 Å². The molecule has 1 aromatic heterocycles. The summed E-state index contributed by atoms with van der Waals surface area (Å²) in [6, 6.07) is 4.31.